The fraction of sp³-hybridized carbons (Fsp3) is 0.533. The van der Waals surface area contributed by atoms with Crippen molar-refractivity contribution >= 4 is 5.91 Å². The summed E-state index contributed by atoms with van der Waals surface area (Å²) in [5.74, 6) is 5.26. The quantitative estimate of drug-likeness (QED) is 0.342. The maximum atomic E-state index is 11.6. The van der Waals surface area contributed by atoms with Crippen molar-refractivity contribution < 1.29 is 19.0 Å². The van der Waals surface area contributed by atoms with Crippen LogP contribution in [-0.4, -0.2) is 38.4 Å². The van der Waals surface area contributed by atoms with Gasteiger partial charge in [0, 0.05) is 6.61 Å². The van der Waals surface area contributed by atoms with Crippen LogP contribution in [0.4, 0.5) is 0 Å². The number of carbonyl (C=O) groups is 1. The van der Waals surface area contributed by atoms with E-state index >= 15 is 0 Å². The third-order valence-electron chi connectivity index (χ3n) is 3.33. The summed E-state index contributed by atoms with van der Waals surface area (Å²) in [5, 5.41) is 0. The molecule has 1 aromatic carbocycles. The Labute approximate surface area is 124 Å². The van der Waals surface area contributed by atoms with Crippen LogP contribution in [0.25, 0.3) is 0 Å². The summed E-state index contributed by atoms with van der Waals surface area (Å²) in [6, 6.07) is 6.96. The highest BCUT2D eigenvalue weighted by Crippen LogP contribution is 2.17. The molecule has 1 aromatic rings. The lowest BCUT2D eigenvalue weighted by atomic mass is 10.1. The Morgan fingerprint density at radius 2 is 2.19 bits per heavy atom. The molecule has 116 valence electrons. The molecule has 1 aliphatic heterocycles. The number of carbonyl (C=O) groups excluding carboxylic acids is 1. The molecule has 2 rings (SSSR count). The molecule has 6 nitrogen and oxygen atoms in total. The topological polar surface area (TPSA) is 82.8 Å². The van der Waals surface area contributed by atoms with Crippen molar-refractivity contribution in [2.24, 2.45) is 5.84 Å². The van der Waals surface area contributed by atoms with Crippen LogP contribution in [0.1, 0.15) is 29.6 Å². The van der Waals surface area contributed by atoms with Gasteiger partial charge in [0.2, 0.25) is 0 Å². The lowest BCUT2D eigenvalue weighted by Gasteiger charge is -2.22. The van der Waals surface area contributed by atoms with Crippen molar-refractivity contribution in [3.05, 3.63) is 29.8 Å². The highest BCUT2D eigenvalue weighted by atomic mass is 16.5. The average molecular weight is 294 g/mol. The minimum absolute atomic E-state index is 0.203. The summed E-state index contributed by atoms with van der Waals surface area (Å²) in [6.07, 6.45) is 3.60. The van der Waals surface area contributed by atoms with E-state index < -0.39 is 0 Å². The Morgan fingerprint density at radius 3 is 2.95 bits per heavy atom. The molecule has 1 saturated heterocycles. The first kappa shape index (κ1) is 15.8. The van der Waals surface area contributed by atoms with Crippen LogP contribution >= 0.6 is 0 Å². The molecule has 6 heteroatoms. The highest BCUT2D eigenvalue weighted by molar-refractivity contribution is 5.96. The predicted molar refractivity (Wildman–Crippen MR) is 78.0 cm³/mol. The molecule has 1 fully saturated rings. The Morgan fingerprint density at radius 1 is 1.33 bits per heavy atom. The highest BCUT2D eigenvalue weighted by Gasteiger charge is 2.14. The lowest BCUT2D eigenvalue weighted by Crippen LogP contribution is -2.30. The molecule has 0 bridgehead atoms. The van der Waals surface area contributed by atoms with Gasteiger partial charge in [-0.1, -0.05) is 12.1 Å². The number of amides is 1. The van der Waals surface area contributed by atoms with E-state index in [4.69, 9.17) is 20.1 Å². The molecule has 3 N–H and O–H groups in total. The summed E-state index contributed by atoms with van der Waals surface area (Å²) >= 11 is 0. The van der Waals surface area contributed by atoms with E-state index in [0.717, 1.165) is 19.4 Å². The summed E-state index contributed by atoms with van der Waals surface area (Å²) in [5.41, 5.74) is 2.51. The Kier molecular flexibility index (Phi) is 6.46. The number of para-hydroxylation sites is 1. The number of hydrogen-bond donors (Lipinski definition) is 2. The number of nitrogen functional groups attached to an aromatic ring is 1. The third kappa shape index (κ3) is 5.00. The first-order valence-electron chi connectivity index (χ1n) is 7.23. The lowest BCUT2D eigenvalue weighted by molar-refractivity contribution is -0.0444. The Balaban J connectivity index is 1.69. The Hall–Kier alpha value is -1.63. The van der Waals surface area contributed by atoms with Gasteiger partial charge in [0.25, 0.3) is 5.91 Å². The van der Waals surface area contributed by atoms with Crippen LogP contribution in [0, 0.1) is 0 Å². The second-order valence-corrected chi connectivity index (χ2v) is 4.88. The minimum atomic E-state index is -0.373. The Bertz CT molecular complexity index is 447. The van der Waals surface area contributed by atoms with Gasteiger partial charge in [-0.15, -0.1) is 0 Å². The van der Waals surface area contributed by atoms with E-state index in [9.17, 15) is 4.79 Å². The van der Waals surface area contributed by atoms with Crippen LogP contribution in [0.2, 0.25) is 0 Å². The second-order valence-electron chi connectivity index (χ2n) is 4.88. The zero-order valence-electron chi connectivity index (χ0n) is 12.0. The molecule has 1 heterocycles. The smallest absolute Gasteiger partial charge is 0.268 e. The summed E-state index contributed by atoms with van der Waals surface area (Å²) in [4.78, 5) is 11.6. The van der Waals surface area contributed by atoms with E-state index in [-0.39, 0.29) is 12.0 Å². The third-order valence-corrected chi connectivity index (χ3v) is 3.33. The van der Waals surface area contributed by atoms with Crippen molar-refractivity contribution in [1.82, 2.24) is 5.43 Å². The number of benzene rings is 1. The van der Waals surface area contributed by atoms with Crippen molar-refractivity contribution in [3.8, 4) is 5.75 Å². The molecule has 0 aliphatic carbocycles. The van der Waals surface area contributed by atoms with Gasteiger partial charge in [0.15, 0.2) is 0 Å². The van der Waals surface area contributed by atoms with Gasteiger partial charge < -0.3 is 14.2 Å². The summed E-state index contributed by atoms with van der Waals surface area (Å²) < 4.78 is 16.7. The normalized spacial score (nSPS) is 18.2. The van der Waals surface area contributed by atoms with Crippen molar-refractivity contribution in [3.63, 3.8) is 0 Å². The monoisotopic (exact) mass is 294 g/mol. The molecule has 1 amide bonds. The molecular weight excluding hydrogens is 272 g/mol. The van der Waals surface area contributed by atoms with E-state index in [2.05, 4.69) is 5.43 Å². The van der Waals surface area contributed by atoms with Crippen LogP contribution in [0.5, 0.6) is 5.75 Å². The maximum Gasteiger partial charge on any atom is 0.268 e. The van der Waals surface area contributed by atoms with Gasteiger partial charge in [-0.3, -0.25) is 10.2 Å². The van der Waals surface area contributed by atoms with E-state index in [1.54, 1.807) is 24.3 Å². The first-order valence-corrected chi connectivity index (χ1v) is 7.23. The minimum Gasteiger partial charge on any atom is -0.490 e. The molecular formula is C15H22N2O4. The average Bonchev–Trinajstić information content (AvgIpc) is 2.55. The number of hydrazine groups is 1. The number of rotatable bonds is 7. The number of ether oxygens (including phenoxy) is 3. The first-order chi connectivity index (χ1) is 10.3. The fourth-order valence-electron chi connectivity index (χ4n) is 2.22. The number of hydrogen-bond acceptors (Lipinski definition) is 5. The fourth-order valence-corrected chi connectivity index (χ4v) is 2.22. The number of nitrogens with two attached hydrogens (primary N) is 1. The standard InChI is InChI=1S/C15H22N2O4/c16-17-15(18)13-6-1-2-7-14(13)21-10-9-19-11-12-5-3-4-8-20-12/h1-2,6-7,12H,3-5,8-11,16H2,(H,17,18). The van der Waals surface area contributed by atoms with Gasteiger partial charge in [0.1, 0.15) is 12.4 Å². The van der Waals surface area contributed by atoms with Crippen molar-refractivity contribution in [2.75, 3.05) is 26.4 Å². The van der Waals surface area contributed by atoms with E-state index in [1.165, 1.54) is 6.42 Å². The molecule has 1 atom stereocenters. The largest absolute Gasteiger partial charge is 0.490 e. The maximum absolute atomic E-state index is 11.6. The van der Waals surface area contributed by atoms with Gasteiger partial charge >= 0.3 is 0 Å². The predicted octanol–water partition coefficient (Wildman–Crippen LogP) is 1.25. The van der Waals surface area contributed by atoms with Crippen LogP contribution < -0.4 is 16.0 Å². The zero-order chi connectivity index (χ0) is 14.9. The van der Waals surface area contributed by atoms with Crippen molar-refractivity contribution in [1.29, 1.82) is 0 Å². The summed E-state index contributed by atoms with van der Waals surface area (Å²) in [7, 11) is 0. The summed E-state index contributed by atoms with van der Waals surface area (Å²) in [6.45, 7) is 2.25. The van der Waals surface area contributed by atoms with Crippen LogP contribution in [0.15, 0.2) is 24.3 Å². The van der Waals surface area contributed by atoms with Gasteiger partial charge in [0.05, 0.1) is 24.9 Å². The van der Waals surface area contributed by atoms with Gasteiger partial charge in [-0.2, -0.15) is 0 Å². The van der Waals surface area contributed by atoms with E-state index in [0.29, 0.717) is 31.1 Å². The van der Waals surface area contributed by atoms with Crippen molar-refractivity contribution in [2.45, 2.75) is 25.4 Å². The van der Waals surface area contributed by atoms with Crippen LogP contribution in [0.3, 0.4) is 0 Å². The molecule has 0 radical (unpaired) electrons. The second kappa shape index (κ2) is 8.61. The van der Waals surface area contributed by atoms with Gasteiger partial charge in [-0.05, 0) is 31.4 Å². The number of nitrogens with one attached hydrogen (secondary N) is 1. The molecule has 1 aliphatic rings. The molecule has 0 aromatic heterocycles. The molecule has 21 heavy (non-hydrogen) atoms. The SMILES string of the molecule is NNC(=O)c1ccccc1OCCOCC1CCCCO1. The molecule has 0 saturated carbocycles. The van der Waals surface area contributed by atoms with Crippen LogP contribution in [-0.2, 0) is 9.47 Å². The zero-order valence-corrected chi connectivity index (χ0v) is 12.0. The van der Waals surface area contributed by atoms with E-state index in [1.807, 2.05) is 0 Å². The van der Waals surface area contributed by atoms with Gasteiger partial charge in [-0.25, -0.2) is 5.84 Å². The molecule has 0 spiro atoms. The molecule has 1 unspecified atom stereocenters.